The maximum absolute atomic E-state index is 5.97. The SMILES string of the molecule is Cc1oc(-c2ccc(-c3ccccc3)cc2)nc1CN(C)C1CCOCC1. The van der Waals surface area contributed by atoms with Crippen LogP contribution in [0.5, 0.6) is 0 Å². The number of hydrogen-bond donors (Lipinski definition) is 0. The third-order valence-electron chi connectivity index (χ3n) is 5.34. The van der Waals surface area contributed by atoms with Gasteiger partial charge >= 0.3 is 0 Å². The Balaban J connectivity index is 1.49. The molecule has 0 N–H and O–H groups in total. The maximum atomic E-state index is 5.97. The average Bonchev–Trinajstić information content (AvgIpc) is 3.10. The molecule has 0 bridgehead atoms. The van der Waals surface area contributed by atoms with Crippen molar-refractivity contribution in [2.75, 3.05) is 20.3 Å². The lowest BCUT2D eigenvalue weighted by atomic mass is 10.0. The lowest BCUT2D eigenvalue weighted by Gasteiger charge is -2.30. The molecule has 4 nitrogen and oxygen atoms in total. The van der Waals surface area contributed by atoms with Crippen LogP contribution in [0.2, 0.25) is 0 Å². The van der Waals surface area contributed by atoms with Crippen molar-refractivity contribution in [2.24, 2.45) is 0 Å². The first-order chi connectivity index (χ1) is 13.2. The van der Waals surface area contributed by atoms with Gasteiger partial charge in [-0.3, -0.25) is 4.90 Å². The number of rotatable bonds is 5. The Morgan fingerprint density at radius 1 is 0.926 bits per heavy atom. The van der Waals surface area contributed by atoms with Crippen LogP contribution in [0.15, 0.2) is 59.0 Å². The quantitative estimate of drug-likeness (QED) is 0.645. The van der Waals surface area contributed by atoms with Gasteiger partial charge in [0.25, 0.3) is 0 Å². The number of ether oxygens (including phenoxy) is 1. The molecule has 1 aliphatic heterocycles. The highest BCUT2D eigenvalue weighted by Crippen LogP contribution is 2.26. The number of hydrogen-bond acceptors (Lipinski definition) is 4. The molecule has 0 amide bonds. The van der Waals surface area contributed by atoms with E-state index in [4.69, 9.17) is 14.1 Å². The Morgan fingerprint density at radius 3 is 2.26 bits per heavy atom. The zero-order valence-electron chi connectivity index (χ0n) is 16.0. The molecule has 2 aromatic carbocycles. The van der Waals surface area contributed by atoms with Gasteiger partial charge in [0, 0.05) is 31.4 Å². The fraction of sp³-hybridized carbons (Fsp3) is 0.348. The summed E-state index contributed by atoms with van der Waals surface area (Å²) in [7, 11) is 2.17. The van der Waals surface area contributed by atoms with Crippen LogP contribution in [-0.2, 0) is 11.3 Å². The van der Waals surface area contributed by atoms with Gasteiger partial charge in [-0.2, -0.15) is 0 Å². The molecule has 0 saturated carbocycles. The van der Waals surface area contributed by atoms with E-state index in [0.29, 0.717) is 11.9 Å². The molecule has 0 radical (unpaired) electrons. The molecule has 0 aliphatic carbocycles. The van der Waals surface area contributed by atoms with Crippen LogP contribution in [0.1, 0.15) is 24.3 Å². The number of aromatic nitrogens is 1. The summed E-state index contributed by atoms with van der Waals surface area (Å²) in [4.78, 5) is 7.15. The zero-order valence-corrected chi connectivity index (χ0v) is 16.0. The lowest BCUT2D eigenvalue weighted by Crippen LogP contribution is -2.36. The van der Waals surface area contributed by atoms with E-state index in [0.717, 1.165) is 49.6 Å². The molecule has 4 heteroatoms. The molecule has 0 unspecified atom stereocenters. The third kappa shape index (κ3) is 4.12. The van der Waals surface area contributed by atoms with Gasteiger partial charge in [0.2, 0.25) is 5.89 Å². The van der Waals surface area contributed by atoms with E-state index in [-0.39, 0.29) is 0 Å². The predicted octanol–water partition coefficient (Wildman–Crippen LogP) is 4.93. The number of oxazole rings is 1. The molecule has 1 aliphatic rings. The van der Waals surface area contributed by atoms with Crippen LogP contribution in [-0.4, -0.2) is 36.2 Å². The monoisotopic (exact) mass is 362 g/mol. The number of benzene rings is 2. The number of aryl methyl sites for hydroxylation is 1. The topological polar surface area (TPSA) is 38.5 Å². The first-order valence-electron chi connectivity index (χ1n) is 9.61. The van der Waals surface area contributed by atoms with Crippen LogP contribution in [0.25, 0.3) is 22.6 Å². The highest BCUT2D eigenvalue weighted by atomic mass is 16.5. The fourth-order valence-corrected chi connectivity index (χ4v) is 3.63. The molecule has 1 aromatic heterocycles. The first-order valence-corrected chi connectivity index (χ1v) is 9.61. The second kappa shape index (κ2) is 8.07. The van der Waals surface area contributed by atoms with Crippen molar-refractivity contribution in [3.05, 3.63) is 66.1 Å². The van der Waals surface area contributed by atoms with Gasteiger partial charge < -0.3 is 9.15 Å². The van der Waals surface area contributed by atoms with E-state index in [1.165, 1.54) is 11.1 Å². The highest BCUT2D eigenvalue weighted by Gasteiger charge is 2.21. The summed E-state index contributed by atoms with van der Waals surface area (Å²) in [5.41, 5.74) is 4.44. The average molecular weight is 362 g/mol. The molecule has 3 aromatic rings. The molecular formula is C23H26N2O2. The van der Waals surface area contributed by atoms with Crippen LogP contribution < -0.4 is 0 Å². The Labute approximate surface area is 160 Å². The second-order valence-electron chi connectivity index (χ2n) is 7.22. The molecule has 0 spiro atoms. The molecule has 140 valence electrons. The normalized spacial score (nSPS) is 15.4. The van der Waals surface area contributed by atoms with Crippen molar-refractivity contribution < 1.29 is 9.15 Å². The van der Waals surface area contributed by atoms with Crippen LogP contribution in [0.3, 0.4) is 0 Å². The predicted molar refractivity (Wildman–Crippen MR) is 107 cm³/mol. The van der Waals surface area contributed by atoms with Crippen molar-refractivity contribution in [2.45, 2.75) is 32.4 Å². The zero-order chi connectivity index (χ0) is 18.6. The largest absolute Gasteiger partial charge is 0.441 e. The Kier molecular flexibility index (Phi) is 5.37. The summed E-state index contributed by atoms with van der Waals surface area (Å²) < 4.78 is 11.4. The van der Waals surface area contributed by atoms with E-state index in [1.807, 2.05) is 13.0 Å². The molecule has 2 heterocycles. The smallest absolute Gasteiger partial charge is 0.226 e. The summed E-state index contributed by atoms with van der Waals surface area (Å²) in [5.74, 6) is 1.60. The summed E-state index contributed by atoms with van der Waals surface area (Å²) >= 11 is 0. The fourth-order valence-electron chi connectivity index (χ4n) is 3.63. The molecule has 0 atom stereocenters. The van der Waals surface area contributed by atoms with Gasteiger partial charge in [-0.1, -0.05) is 42.5 Å². The van der Waals surface area contributed by atoms with Gasteiger partial charge in [-0.05, 0) is 50.1 Å². The van der Waals surface area contributed by atoms with E-state index >= 15 is 0 Å². The summed E-state index contributed by atoms with van der Waals surface area (Å²) in [6, 6.07) is 19.4. The first kappa shape index (κ1) is 18.0. The highest BCUT2D eigenvalue weighted by molar-refractivity contribution is 5.67. The summed E-state index contributed by atoms with van der Waals surface area (Å²) in [6.07, 6.45) is 2.17. The van der Waals surface area contributed by atoms with E-state index in [9.17, 15) is 0 Å². The Morgan fingerprint density at radius 2 is 1.56 bits per heavy atom. The van der Waals surface area contributed by atoms with Crippen molar-refractivity contribution in [3.63, 3.8) is 0 Å². The molecule has 1 saturated heterocycles. The van der Waals surface area contributed by atoms with Crippen molar-refractivity contribution in [1.82, 2.24) is 9.88 Å². The van der Waals surface area contributed by atoms with Crippen molar-refractivity contribution >= 4 is 0 Å². The minimum absolute atomic E-state index is 0.559. The van der Waals surface area contributed by atoms with E-state index < -0.39 is 0 Å². The van der Waals surface area contributed by atoms with Crippen LogP contribution in [0, 0.1) is 6.92 Å². The third-order valence-corrected chi connectivity index (χ3v) is 5.34. The minimum atomic E-state index is 0.559. The van der Waals surface area contributed by atoms with E-state index in [1.54, 1.807) is 0 Å². The molecule has 27 heavy (non-hydrogen) atoms. The van der Waals surface area contributed by atoms with Crippen LogP contribution >= 0.6 is 0 Å². The standard InChI is InChI=1S/C23H26N2O2/c1-17-22(16-25(2)21-12-14-26-15-13-21)24-23(27-17)20-10-8-19(9-11-20)18-6-4-3-5-7-18/h3-11,21H,12-16H2,1-2H3. The van der Waals surface area contributed by atoms with Crippen LogP contribution in [0.4, 0.5) is 0 Å². The van der Waals surface area contributed by atoms with Gasteiger partial charge in [-0.25, -0.2) is 4.98 Å². The molecule has 4 rings (SSSR count). The molecular weight excluding hydrogens is 336 g/mol. The summed E-state index contributed by atoms with van der Waals surface area (Å²) in [5, 5.41) is 0. The van der Waals surface area contributed by atoms with Crippen molar-refractivity contribution in [1.29, 1.82) is 0 Å². The Hall–Kier alpha value is -2.43. The summed E-state index contributed by atoms with van der Waals surface area (Å²) in [6.45, 7) is 4.52. The maximum Gasteiger partial charge on any atom is 0.226 e. The molecule has 1 fully saturated rings. The van der Waals surface area contributed by atoms with Gasteiger partial charge in [0.15, 0.2) is 0 Å². The number of nitrogens with zero attached hydrogens (tertiary/aromatic N) is 2. The van der Waals surface area contributed by atoms with E-state index in [2.05, 4.69) is 60.5 Å². The lowest BCUT2D eigenvalue weighted by molar-refractivity contribution is 0.0402. The minimum Gasteiger partial charge on any atom is -0.441 e. The Bertz CT molecular complexity index is 865. The second-order valence-corrected chi connectivity index (χ2v) is 7.22. The van der Waals surface area contributed by atoms with Gasteiger partial charge in [-0.15, -0.1) is 0 Å². The van der Waals surface area contributed by atoms with Gasteiger partial charge in [0.1, 0.15) is 5.76 Å². The van der Waals surface area contributed by atoms with Gasteiger partial charge in [0.05, 0.1) is 5.69 Å². The van der Waals surface area contributed by atoms with Crippen molar-refractivity contribution in [3.8, 4) is 22.6 Å².